The van der Waals surface area contributed by atoms with E-state index in [0.29, 0.717) is 26.1 Å². The number of para-hydroxylation sites is 1. The van der Waals surface area contributed by atoms with Crippen molar-refractivity contribution in [3.05, 3.63) is 102 Å². The molecule has 0 unspecified atom stereocenters. The van der Waals surface area contributed by atoms with Crippen LogP contribution in [-0.4, -0.2) is 48.8 Å². The number of nitrogens with one attached hydrogen (secondary N) is 1. The van der Waals surface area contributed by atoms with Crippen LogP contribution in [0.2, 0.25) is 0 Å². The summed E-state index contributed by atoms with van der Waals surface area (Å²) in [6, 6.07) is 29.8. The quantitative estimate of drug-likeness (QED) is 0.441. The van der Waals surface area contributed by atoms with Crippen LogP contribution in [0.25, 0.3) is 0 Å². The van der Waals surface area contributed by atoms with Gasteiger partial charge in [0.15, 0.2) is 0 Å². The highest BCUT2D eigenvalue weighted by Crippen LogP contribution is 2.28. The summed E-state index contributed by atoms with van der Waals surface area (Å²) in [5.41, 5.74) is 2.23. The van der Waals surface area contributed by atoms with Gasteiger partial charge >= 0.3 is 0 Å². The van der Waals surface area contributed by atoms with E-state index in [2.05, 4.69) is 34.5 Å². The van der Waals surface area contributed by atoms with Crippen LogP contribution in [0.15, 0.2) is 91.0 Å². The largest absolute Gasteiger partial charge is 0.492 e. The number of benzene rings is 3. The van der Waals surface area contributed by atoms with E-state index in [1.54, 1.807) is 0 Å². The third-order valence-electron chi connectivity index (χ3n) is 4.98. The van der Waals surface area contributed by atoms with E-state index in [1.165, 1.54) is 0 Å². The second-order valence-electron chi connectivity index (χ2n) is 7.28. The van der Waals surface area contributed by atoms with Gasteiger partial charge in [-0.15, -0.1) is 0 Å². The third-order valence-corrected chi connectivity index (χ3v) is 4.98. The summed E-state index contributed by atoms with van der Waals surface area (Å²) >= 11 is 0. The SMILES string of the molecule is O=C(CN(CCCO)C(c1ccccc1)c1ccccc1)NCCOc1ccccc1. The van der Waals surface area contributed by atoms with Gasteiger partial charge in [0.1, 0.15) is 12.4 Å². The standard InChI is InChI=1S/C26H30N2O3/c29-19-10-18-28(21-25(30)27-17-20-31-24-15-8-3-9-16-24)26(22-11-4-1-5-12-22)23-13-6-2-7-14-23/h1-9,11-16,26,29H,10,17-21H2,(H,27,30). The van der Waals surface area contributed by atoms with E-state index >= 15 is 0 Å². The van der Waals surface area contributed by atoms with Crippen molar-refractivity contribution in [1.82, 2.24) is 10.2 Å². The minimum absolute atomic E-state index is 0.0635. The maximum Gasteiger partial charge on any atom is 0.234 e. The molecular weight excluding hydrogens is 388 g/mol. The molecule has 0 aromatic heterocycles. The number of amides is 1. The van der Waals surface area contributed by atoms with Crippen molar-refractivity contribution in [1.29, 1.82) is 0 Å². The summed E-state index contributed by atoms with van der Waals surface area (Å²) in [4.78, 5) is 14.8. The molecule has 1 amide bonds. The fraction of sp³-hybridized carbons (Fsp3) is 0.269. The van der Waals surface area contributed by atoms with E-state index in [-0.39, 0.29) is 25.1 Å². The Labute approximate surface area is 184 Å². The molecule has 0 aliphatic carbocycles. The summed E-state index contributed by atoms with van der Waals surface area (Å²) in [6.07, 6.45) is 0.598. The Morgan fingerprint density at radius 3 is 1.97 bits per heavy atom. The molecular formula is C26H30N2O3. The summed E-state index contributed by atoms with van der Waals surface area (Å²) < 4.78 is 5.65. The first kappa shape index (κ1) is 22.5. The first-order valence-corrected chi connectivity index (χ1v) is 10.7. The molecule has 3 rings (SSSR count). The Morgan fingerprint density at radius 1 is 0.871 bits per heavy atom. The Balaban J connectivity index is 1.66. The lowest BCUT2D eigenvalue weighted by Gasteiger charge is -2.32. The Kier molecular flexibility index (Phi) is 9.10. The second-order valence-corrected chi connectivity index (χ2v) is 7.28. The van der Waals surface area contributed by atoms with Gasteiger partial charge in [-0.25, -0.2) is 0 Å². The number of carbonyl (C=O) groups is 1. The van der Waals surface area contributed by atoms with Crippen molar-refractivity contribution in [2.24, 2.45) is 0 Å². The van der Waals surface area contributed by atoms with Gasteiger partial charge in [0, 0.05) is 13.2 Å². The predicted octanol–water partition coefficient (Wildman–Crippen LogP) is 3.66. The molecule has 31 heavy (non-hydrogen) atoms. The molecule has 0 atom stereocenters. The highest BCUT2D eigenvalue weighted by atomic mass is 16.5. The van der Waals surface area contributed by atoms with Crippen LogP contribution >= 0.6 is 0 Å². The van der Waals surface area contributed by atoms with Crippen LogP contribution in [0.5, 0.6) is 5.75 Å². The Bertz CT molecular complexity index is 849. The molecule has 5 heteroatoms. The highest BCUT2D eigenvalue weighted by Gasteiger charge is 2.24. The van der Waals surface area contributed by atoms with E-state index in [0.717, 1.165) is 16.9 Å². The van der Waals surface area contributed by atoms with Gasteiger partial charge in [0.05, 0.1) is 19.1 Å². The summed E-state index contributed by atoms with van der Waals surface area (Å²) in [5.74, 6) is 0.723. The molecule has 0 aliphatic rings. The van der Waals surface area contributed by atoms with E-state index in [9.17, 15) is 9.90 Å². The molecule has 0 spiro atoms. The molecule has 0 saturated heterocycles. The zero-order valence-electron chi connectivity index (χ0n) is 17.7. The minimum Gasteiger partial charge on any atom is -0.492 e. The summed E-state index contributed by atoms with van der Waals surface area (Å²) in [7, 11) is 0. The van der Waals surface area contributed by atoms with Gasteiger partial charge in [-0.3, -0.25) is 9.69 Å². The number of nitrogens with zero attached hydrogens (tertiary/aromatic N) is 1. The van der Waals surface area contributed by atoms with Crippen molar-refractivity contribution < 1.29 is 14.6 Å². The zero-order valence-corrected chi connectivity index (χ0v) is 17.7. The van der Waals surface area contributed by atoms with Gasteiger partial charge < -0.3 is 15.2 Å². The number of hydrogen-bond acceptors (Lipinski definition) is 4. The molecule has 3 aromatic rings. The normalized spacial score (nSPS) is 10.9. The number of carbonyl (C=O) groups excluding carboxylic acids is 1. The number of aliphatic hydroxyl groups is 1. The molecule has 0 saturated carbocycles. The van der Waals surface area contributed by atoms with Crippen molar-refractivity contribution in [2.75, 3.05) is 32.8 Å². The average molecular weight is 419 g/mol. The van der Waals surface area contributed by atoms with Gasteiger partial charge in [0.25, 0.3) is 0 Å². The van der Waals surface area contributed by atoms with Gasteiger partial charge in [-0.1, -0.05) is 78.9 Å². The fourth-order valence-corrected chi connectivity index (χ4v) is 3.57. The van der Waals surface area contributed by atoms with Crippen LogP contribution in [0.4, 0.5) is 0 Å². The molecule has 0 radical (unpaired) electrons. The zero-order chi connectivity index (χ0) is 21.7. The molecule has 0 aliphatic heterocycles. The fourth-order valence-electron chi connectivity index (χ4n) is 3.57. The molecule has 5 nitrogen and oxygen atoms in total. The molecule has 0 heterocycles. The number of ether oxygens (including phenoxy) is 1. The van der Waals surface area contributed by atoms with Crippen LogP contribution in [0, 0.1) is 0 Å². The van der Waals surface area contributed by atoms with Gasteiger partial charge in [-0.05, 0) is 29.7 Å². The predicted molar refractivity (Wildman–Crippen MR) is 123 cm³/mol. The van der Waals surface area contributed by atoms with Gasteiger partial charge in [-0.2, -0.15) is 0 Å². The van der Waals surface area contributed by atoms with Crippen LogP contribution in [-0.2, 0) is 4.79 Å². The summed E-state index contributed by atoms with van der Waals surface area (Å²) in [6.45, 7) is 1.77. The second kappa shape index (κ2) is 12.5. The van der Waals surface area contributed by atoms with Crippen molar-refractivity contribution in [3.8, 4) is 5.75 Å². The third kappa shape index (κ3) is 7.24. The minimum atomic E-state index is -0.0692. The average Bonchev–Trinajstić information content (AvgIpc) is 2.82. The number of hydrogen-bond donors (Lipinski definition) is 2. The smallest absolute Gasteiger partial charge is 0.234 e. The number of rotatable bonds is 12. The highest BCUT2D eigenvalue weighted by molar-refractivity contribution is 5.78. The van der Waals surface area contributed by atoms with E-state index in [4.69, 9.17) is 4.74 Å². The molecule has 0 fully saturated rings. The lowest BCUT2D eigenvalue weighted by Crippen LogP contribution is -2.41. The monoisotopic (exact) mass is 418 g/mol. The molecule has 162 valence electrons. The van der Waals surface area contributed by atoms with Crippen LogP contribution < -0.4 is 10.1 Å². The van der Waals surface area contributed by atoms with Crippen LogP contribution in [0.1, 0.15) is 23.6 Å². The molecule has 3 aromatic carbocycles. The Hall–Kier alpha value is -3.15. The van der Waals surface area contributed by atoms with Crippen molar-refractivity contribution >= 4 is 5.91 Å². The van der Waals surface area contributed by atoms with Crippen molar-refractivity contribution in [2.45, 2.75) is 12.5 Å². The van der Waals surface area contributed by atoms with E-state index < -0.39 is 0 Å². The first-order valence-electron chi connectivity index (χ1n) is 10.7. The molecule has 0 bridgehead atoms. The molecule has 2 N–H and O–H groups in total. The Morgan fingerprint density at radius 2 is 1.42 bits per heavy atom. The summed E-state index contributed by atoms with van der Waals surface area (Å²) in [5, 5.41) is 12.4. The maximum absolute atomic E-state index is 12.7. The van der Waals surface area contributed by atoms with E-state index in [1.807, 2.05) is 66.7 Å². The lowest BCUT2D eigenvalue weighted by atomic mass is 9.96. The van der Waals surface area contributed by atoms with Crippen LogP contribution in [0.3, 0.4) is 0 Å². The lowest BCUT2D eigenvalue weighted by molar-refractivity contribution is -0.122. The van der Waals surface area contributed by atoms with Gasteiger partial charge in [0.2, 0.25) is 5.91 Å². The number of aliphatic hydroxyl groups excluding tert-OH is 1. The topological polar surface area (TPSA) is 61.8 Å². The first-order chi connectivity index (χ1) is 15.3. The maximum atomic E-state index is 12.7. The van der Waals surface area contributed by atoms with Crippen molar-refractivity contribution in [3.63, 3.8) is 0 Å².